The fourth-order valence-electron chi connectivity index (χ4n) is 1.21. The molecule has 0 aromatic rings. The van der Waals surface area contributed by atoms with Crippen LogP contribution in [0.5, 0.6) is 0 Å². The molecule has 0 bridgehead atoms. The summed E-state index contributed by atoms with van der Waals surface area (Å²) in [6.07, 6.45) is -17.3. The number of aliphatic hydroxyl groups is 6. The predicted molar refractivity (Wildman–Crippen MR) is 68.3 cm³/mol. The Morgan fingerprint density at radius 1 is 0.467 bits per heavy atom. The Hall–Kier alpha value is -1.02. The average Bonchev–Trinajstić information content (AvgIpc) is 2.63. The number of ether oxygens (including phenoxy) is 2. The molecule has 6 N–H and O–H groups in total. The number of rotatable bonds is 9. The van der Waals surface area contributed by atoms with Crippen LogP contribution in [0.15, 0.2) is 0 Å². The van der Waals surface area contributed by atoms with E-state index < -0.39 is 72.4 Å². The molecule has 158 valence electrons. The van der Waals surface area contributed by atoms with Crippen molar-refractivity contribution in [1.82, 2.24) is 0 Å². The number of carboxylic acids is 2. The largest absolute Gasteiger partial charge is 1.00 e. The van der Waals surface area contributed by atoms with Gasteiger partial charge in [0.2, 0.25) is 0 Å². The van der Waals surface area contributed by atoms with Crippen LogP contribution in [0, 0.1) is 0 Å². The van der Waals surface area contributed by atoms with Gasteiger partial charge in [-0.2, -0.15) is 0 Å². The van der Waals surface area contributed by atoms with Crippen molar-refractivity contribution < 1.29 is 138 Å². The second-order valence-electron chi connectivity index (χ2n) is 4.79. The molecule has 0 fully saturated rings. The van der Waals surface area contributed by atoms with Crippen molar-refractivity contribution >= 4 is 35.8 Å². The first kappa shape index (κ1) is 33.6. The zero-order valence-corrected chi connectivity index (χ0v) is 19.2. The first-order chi connectivity index (χ1) is 12.7. The van der Waals surface area contributed by atoms with Gasteiger partial charge in [0, 0.05) is 0 Å². The molecular formula is C12H12Na2O16. The standard InChI is InChI=1S/C12H14O16.2Na/c13-1(7(19)20)3(15)9(23)27-11(25)5(17)6(18)12(26)28-10(24)4(16)2(14)8(21)22;;/h1-6,13-18H,(H,19,20)(H,21,22);;/q;2*+1/p-2. The molecule has 0 aromatic carbocycles. The smallest absolute Gasteiger partial charge is 0.547 e. The molecule has 0 heterocycles. The number of carbonyl (C=O) groups is 6. The fraction of sp³-hybridized carbons (Fsp3) is 0.500. The van der Waals surface area contributed by atoms with E-state index in [0.717, 1.165) is 0 Å². The Morgan fingerprint density at radius 3 is 0.800 bits per heavy atom. The van der Waals surface area contributed by atoms with Gasteiger partial charge in [-0.05, 0) is 0 Å². The third kappa shape index (κ3) is 9.86. The summed E-state index contributed by atoms with van der Waals surface area (Å²) < 4.78 is 7.36. The van der Waals surface area contributed by atoms with Crippen LogP contribution in [0.4, 0.5) is 0 Å². The van der Waals surface area contributed by atoms with E-state index >= 15 is 0 Å². The van der Waals surface area contributed by atoms with E-state index in [9.17, 15) is 49.2 Å². The van der Waals surface area contributed by atoms with Crippen LogP contribution in [0.2, 0.25) is 0 Å². The number of aliphatic hydroxyl groups excluding tert-OH is 6. The van der Waals surface area contributed by atoms with Gasteiger partial charge in [-0.3, -0.25) is 0 Å². The Morgan fingerprint density at radius 2 is 0.633 bits per heavy atom. The molecule has 0 aliphatic carbocycles. The minimum atomic E-state index is -2.97. The molecule has 16 nitrogen and oxygen atoms in total. The number of hydrogen-bond donors (Lipinski definition) is 6. The second kappa shape index (κ2) is 14.9. The molecule has 0 aliphatic rings. The molecule has 18 heteroatoms. The van der Waals surface area contributed by atoms with Crippen molar-refractivity contribution in [2.45, 2.75) is 36.6 Å². The maximum absolute atomic E-state index is 11.3. The predicted octanol–water partition coefficient (Wildman–Crippen LogP) is -15.2. The number of aliphatic carboxylic acids is 2. The molecule has 30 heavy (non-hydrogen) atoms. The molecule has 0 aromatic heterocycles. The van der Waals surface area contributed by atoms with E-state index in [1.165, 1.54) is 0 Å². The molecular weight excluding hydrogens is 446 g/mol. The summed E-state index contributed by atoms with van der Waals surface area (Å²) in [6.45, 7) is 0. The van der Waals surface area contributed by atoms with Crippen LogP contribution >= 0.6 is 0 Å². The topological polar surface area (TPSA) is 288 Å². The van der Waals surface area contributed by atoms with E-state index in [1.807, 2.05) is 0 Å². The average molecular weight is 458 g/mol. The van der Waals surface area contributed by atoms with Gasteiger partial charge in [-0.1, -0.05) is 0 Å². The maximum Gasteiger partial charge on any atom is 1.00 e. The van der Waals surface area contributed by atoms with E-state index in [0.29, 0.717) is 0 Å². The summed E-state index contributed by atoms with van der Waals surface area (Å²) in [4.78, 5) is 65.5. The normalized spacial score (nSPS) is 16.1. The van der Waals surface area contributed by atoms with Crippen molar-refractivity contribution in [3.8, 4) is 0 Å². The minimum Gasteiger partial charge on any atom is -0.547 e. The fourth-order valence-corrected chi connectivity index (χ4v) is 1.21. The Balaban J connectivity index is -0.00000364. The van der Waals surface area contributed by atoms with Crippen molar-refractivity contribution in [1.29, 1.82) is 0 Å². The van der Waals surface area contributed by atoms with E-state index in [2.05, 4.69) is 9.47 Å². The third-order valence-electron chi connectivity index (χ3n) is 2.75. The van der Waals surface area contributed by atoms with Crippen LogP contribution in [0.25, 0.3) is 0 Å². The van der Waals surface area contributed by atoms with Crippen LogP contribution in [-0.4, -0.2) is 103 Å². The quantitative estimate of drug-likeness (QED) is 0.106. The molecule has 0 saturated carbocycles. The number of hydrogen-bond acceptors (Lipinski definition) is 16. The van der Waals surface area contributed by atoms with Gasteiger partial charge in [-0.15, -0.1) is 0 Å². The second-order valence-corrected chi connectivity index (χ2v) is 4.79. The Labute approximate surface area is 209 Å². The molecule has 0 saturated heterocycles. The molecule has 0 rings (SSSR count). The van der Waals surface area contributed by atoms with Gasteiger partial charge >= 0.3 is 83.0 Å². The zero-order chi connectivity index (χ0) is 22.3. The SMILES string of the molecule is O=C([O-])C(O)C(O)C(=O)OC(=O)C(O)C(O)C(=O)OC(=O)C(O)C(O)C(=O)[O-].[Na+].[Na+]. The van der Waals surface area contributed by atoms with Gasteiger partial charge in [0.15, 0.2) is 24.4 Å². The summed E-state index contributed by atoms with van der Waals surface area (Å²) in [5.74, 6) is -13.3. The summed E-state index contributed by atoms with van der Waals surface area (Å²) in [5, 5.41) is 74.8. The van der Waals surface area contributed by atoms with Gasteiger partial charge in [-0.25, -0.2) is 19.2 Å². The zero-order valence-electron chi connectivity index (χ0n) is 15.2. The first-order valence-electron chi connectivity index (χ1n) is 6.73. The third-order valence-corrected chi connectivity index (χ3v) is 2.75. The van der Waals surface area contributed by atoms with Crippen LogP contribution in [-0.2, 0) is 38.2 Å². The molecule has 6 unspecified atom stereocenters. The van der Waals surface area contributed by atoms with Crippen molar-refractivity contribution in [3.05, 3.63) is 0 Å². The van der Waals surface area contributed by atoms with E-state index in [1.54, 1.807) is 0 Å². The Kier molecular flexibility index (Phi) is 16.7. The summed E-state index contributed by atoms with van der Waals surface area (Å²) in [7, 11) is 0. The van der Waals surface area contributed by atoms with Crippen molar-refractivity contribution in [2.75, 3.05) is 0 Å². The van der Waals surface area contributed by atoms with Gasteiger partial charge in [0.1, 0.15) is 12.2 Å². The van der Waals surface area contributed by atoms with Crippen LogP contribution < -0.4 is 69.3 Å². The monoisotopic (exact) mass is 458 g/mol. The number of carbonyl (C=O) groups excluding carboxylic acids is 6. The van der Waals surface area contributed by atoms with Crippen molar-refractivity contribution in [2.24, 2.45) is 0 Å². The number of carboxylic acid groups (broad SMARTS) is 2. The van der Waals surface area contributed by atoms with Crippen LogP contribution in [0.1, 0.15) is 0 Å². The molecule has 6 atom stereocenters. The molecule has 0 spiro atoms. The van der Waals surface area contributed by atoms with E-state index in [-0.39, 0.29) is 59.1 Å². The summed E-state index contributed by atoms with van der Waals surface area (Å²) >= 11 is 0. The van der Waals surface area contributed by atoms with E-state index in [4.69, 9.17) is 20.4 Å². The Bertz CT molecular complexity index is 609. The molecule has 0 radical (unpaired) electrons. The summed E-state index contributed by atoms with van der Waals surface area (Å²) in [5.41, 5.74) is 0. The molecule has 0 aliphatic heterocycles. The van der Waals surface area contributed by atoms with Gasteiger partial charge in [0.25, 0.3) is 0 Å². The van der Waals surface area contributed by atoms with Crippen molar-refractivity contribution in [3.63, 3.8) is 0 Å². The maximum atomic E-state index is 11.3. The van der Waals surface area contributed by atoms with Gasteiger partial charge in [0.05, 0.1) is 11.9 Å². The summed E-state index contributed by atoms with van der Waals surface area (Å²) in [6, 6.07) is 0. The van der Waals surface area contributed by atoms with Gasteiger partial charge < -0.3 is 59.9 Å². The first-order valence-corrected chi connectivity index (χ1v) is 6.73. The minimum absolute atomic E-state index is 0. The number of esters is 4. The van der Waals surface area contributed by atoms with Crippen LogP contribution in [0.3, 0.4) is 0 Å². The molecule has 0 amide bonds.